The van der Waals surface area contributed by atoms with E-state index in [1.165, 1.54) is 6.42 Å². The van der Waals surface area contributed by atoms with Crippen LogP contribution in [0.4, 0.5) is 0 Å². The highest BCUT2D eigenvalue weighted by molar-refractivity contribution is 5.14. The summed E-state index contributed by atoms with van der Waals surface area (Å²) in [6.07, 6.45) is 3.49. The maximum atomic E-state index is 6.27. The summed E-state index contributed by atoms with van der Waals surface area (Å²) in [5.74, 6) is 0.476. The molecule has 0 unspecified atom stereocenters. The van der Waals surface area contributed by atoms with Gasteiger partial charge in [0, 0.05) is 24.9 Å². The van der Waals surface area contributed by atoms with Gasteiger partial charge in [-0.15, -0.1) is 0 Å². The fourth-order valence-electron chi connectivity index (χ4n) is 5.43. The Morgan fingerprint density at radius 2 is 1.82 bits per heavy atom. The Morgan fingerprint density at radius 3 is 2.55 bits per heavy atom. The fourth-order valence-corrected chi connectivity index (χ4v) is 5.43. The van der Waals surface area contributed by atoms with Gasteiger partial charge in [-0.25, -0.2) is 9.78 Å². The van der Waals surface area contributed by atoms with E-state index in [1.807, 2.05) is 6.92 Å². The van der Waals surface area contributed by atoms with Gasteiger partial charge in [0.25, 0.3) is 0 Å². The van der Waals surface area contributed by atoms with E-state index < -0.39 is 17.7 Å². The SMILES string of the molecule is CO[C@H]1O[C@@H]2O[C@]3(C)CC[C@H]4[C@H](C)CC[C@@](C)([C@H]1C)[C@@]24OO3. The van der Waals surface area contributed by atoms with Gasteiger partial charge in [-0.3, -0.25) is 0 Å². The molecule has 5 fully saturated rings. The molecule has 0 N–H and O–H groups in total. The van der Waals surface area contributed by atoms with Crippen molar-refractivity contribution in [3.05, 3.63) is 0 Å². The molecule has 5 aliphatic rings. The molecular formula is C17H28O5. The van der Waals surface area contributed by atoms with Crippen molar-refractivity contribution in [1.29, 1.82) is 0 Å². The van der Waals surface area contributed by atoms with Gasteiger partial charge >= 0.3 is 0 Å². The van der Waals surface area contributed by atoms with Crippen LogP contribution in [0.2, 0.25) is 0 Å². The minimum Gasteiger partial charge on any atom is -0.355 e. The highest BCUT2D eigenvalue weighted by Crippen LogP contribution is 2.66. The first kappa shape index (κ1) is 15.3. The maximum absolute atomic E-state index is 6.27. The summed E-state index contributed by atoms with van der Waals surface area (Å²) >= 11 is 0. The standard InChI is InChI=1S/C17H28O5/c1-10-6-8-15(3)11(2)13(18-5)19-14-17(15)12(10)7-9-16(4,20-14)21-22-17/h10-14H,6-9H2,1-5H3/t10-,11+,12+,13+,14-,15+,16+,17+/m1/s1. The fraction of sp³-hybridized carbons (Fsp3) is 1.00. The topological polar surface area (TPSA) is 46.2 Å². The molecule has 0 radical (unpaired) electrons. The molecule has 1 spiro atoms. The number of hydrogen-bond donors (Lipinski definition) is 0. The molecular weight excluding hydrogens is 284 g/mol. The van der Waals surface area contributed by atoms with E-state index in [4.69, 9.17) is 24.0 Å². The minimum absolute atomic E-state index is 0.0839. The molecule has 22 heavy (non-hydrogen) atoms. The predicted octanol–water partition coefficient (Wildman–Crippen LogP) is 3.23. The van der Waals surface area contributed by atoms with Gasteiger partial charge < -0.3 is 14.2 Å². The van der Waals surface area contributed by atoms with Crippen LogP contribution in [0.15, 0.2) is 0 Å². The van der Waals surface area contributed by atoms with Crippen molar-refractivity contribution in [2.75, 3.05) is 7.11 Å². The van der Waals surface area contributed by atoms with Crippen LogP contribution in [0.1, 0.15) is 53.4 Å². The average Bonchev–Trinajstić information content (AvgIpc) is 2.73. The van der Waals surface area contributed by atoms with Crippen molar-refractivity contribution in [2.45, 2.75) is 77.3 Å². The molecule has 5 nitrogen and oxygen atoms in total. The van der Waals surface area contributed by atoms with Crippen molar-refractivity contribution >= 4 is 0 Å². The van der Waals surface area contributed by atoms with Crippen LogP contribution in [0.5, 0.6) is 0 Å². The second-order valence-corrected chi connectivity index (χ2v) is 8.15. The lowest BCUT2D eigenvalue weighted by Gasteiger charge is -2.65. The predicted molar refractivity (Wildman–Crippen MR) is 78.5 cm³/mol. The molecule has 5 heteroatoms. The lowest BCUT2D eigenvalue weighted by atomic mass is 9.50. The van der Waals surface area contributed by atoms with E-state index in [1.54, 1.807) is 7.11 Å². The number of ether oxygens (including phenoxy) is 3. The quantitative estimate of drug-likeness (QED) is 0.696. The van der Waals surface area contributed by atoms with E-state index in [0.29, 0.717) is 11.8 Å². The lowest BCUT2D eigenvalue weighted by molar-refractivity contribution is -0.587. The second-order valence-electron chi connectivity index (χ2n) is 8.15. The summed E-state index contributed by atoms with van der Waals surface area (Å²) in [5.41, 5.74) is -0.617. The van der Waals surface area contributed by atoms with E-state index in [9.17, 15) is 0 Å². The van der Waals surface area contributed by atoms with Gasteiger partial charge in [0.2, 0.25) is 5.79 Å². The highest BCUT2D eigenvalue weighted by atomic mass is 17.3. The number of rotatable bonds is 1. The zero-order valence-electron chi connectivity index (χ0n) is 14.3. The molecule has 0 amide bonds. The Bertz CT molecular complexity index is 470. The molecule has 1 saturated carbocycles. The highest BCUT2D eigenvalue weighted by Gasteiger charge is 2.74. The van der Waals surface area contributed by atoms with Crippen LogP contribution in [0.25, 0.3) is 0 Å². The van der Waals surface area contributed by atoms with Crippen LogP contribution < -0.4 is 0 Å². The monoisotopic (exact) mass is 312 g/mol. The molecule has 0 aromatic carbocycles. The summed E-state index contributed by atoms with van der Waals surface area (Å²) in [6, 6.07) is 0. The van der Waals surface area contributed by atoms with Crippen molar-refractivity contribution in [1.82, 2.24) is 0 Å². The molecule has 8 atom stereocenters. The Morgan fingerprint density at radius 1 is 1.05 bits per heavy atom. The van der Waals surface area contributed by atoms with Crippen molar-refractivity contribution < 1.29 is 24.0 Å². The van der Waals surface area contributed by atoms with Crippen LogP contribution in [0, 0.1) is 23.2 Å². The van der Waals surface area contributed by atoms with Gasteiger partial charge in [0.1, 0.15) is 0 Å². The van der Waals surface area contributed by atoms with Crippen molar-refractivity contribution in [2.24, 2.45) is 23.2 Å². The summed E-state index contributed by atoms with van der Waals surface area (Å²) < 4.78 is 18.1. The molecule has 1 aliphatic carbocycles. The van der Waals surface area contributed by atoms with Crippen LogP contribution >= 0.6 is 0 Å². The number of hydrogen-bond acceptors (Lipinski definition) is 5. The molecule has 0 aromatic heterocycles. The molecule has 0 aromatic rings. The van der Waals surface area contributed by atoms with E-state index >= 15 is 0 Å². The Hall–Kier alpha value is -0.200. The smallest absolute Gasteiger partial charge is 0.201 e. The number of methoxy groups -OCH3 is 1. The van der Waals surface area contributed by atoms with Gasteiger partial charge in [0.05, 0.1) is 0 Å². The molecule has 4 saturated heterocycles. The Balaban J connectivity index is 1.86. The third kappa shape index (κ3) is 1.67. The average molecular weight is 312 g/mol. The first-order valence-electron chi connectivity index (χ1n) is 8.59. The van der Waals surface area contributed by atoms with Crippen molar-refractivity contribution in [3.63, 3.8) is 0 Å². The Kier molecular flexibility index (Phi) is 3.25. The van der Waals surface area contributed by atoms with E-state index in [0.717, 1.165) is 19.3 Å². The van der Waals surface area contributed by atoms with Gasteiger partial charge in [-0.2, -0.15) is 0 Å². The normalized spacial score (nSPS) is 60.7. The number of fused-ring (bicyclic) bond motifs is 2. The minimum atomic E-state index is -0.716. The molecule has 5 rings (SSSR count). The summed E-state index contributed by atoms with van der Waals surface area (Å²) in [5, 5.41) is 0. The van der Waals surface area contributed by atoms with Crippen LogP contribution in [-0.4, -0.2) is 31.1 Å². The van der Waals surface area contributed by atoms with Gasteiger partial charge in [0.15, 0.2) is 18.2 Å². The molecule has 4 aliphatic heterocycles. The molecule has 126 valence electrons. The van der Waals surface area contributed by atoms with Gasteiger partial charge in [-0.1, -0.05) is 20.8 Å². The van der Waals surface area contributed by atoms with Gasteiger partial charge in [-0.05, 0) is 38.0 Å². The largest absolute Gasteiger partial charge is 0.355 e. The Labute approximate surface area is 132 Å². The molecule has 4 heterocycles. The lowest BCUT2D eigenvalue weighted by Crippen LogP contribution is -2.74. The second kappa shape index (κ2) is 4.67. The third-order valence-electron chi connectivity index (χ3n) is 7.12. The third-order valence-corrected chi connectivity index (χ3v) is 7.12. The summed E-state index contributed by atoms with van der Waals surface area (Å²) in [7, 11) is 1.71. The first-order chi connectivity index (χ1) is 10.4. The zero-order chi connectivity index (χ0) is 15.8. The van der Waals surface area contributed by atoms with Crippen molar-refractivity contribution in [3.8, 4) is 0 Å². The molecule has 2 bridgehead atoms. The summed E-state index contributed by atoms with van der Waals surface area (Å²) in [4.78, 5) is 12.0. The van der Waals surface area contributed by atoms with E-state index in [2.05, 4.69) is 20.8 Å². The first-order valence-corrected chi connectivity index (χ1v) is 8.59. The van der Waals surface area contributed by atoms with Crippen LogP contribution in [-0.2, 0) is 24.0 Å². The zero-order valence-corrected chi connectivity index (χ0v) is 14.3. The van der Waals surface area contributed by atoms with Crippen LogP contribution in [0.3, 0.4) is 0 Å². The van der Waals surface area contributed by atoms with E-state index in [-0.39, 0.29) is 17.6 Å². The summed E-state index contributed by atoms with van der Waals surface area (Å²) in [6.45, 7) is 8.78. The maximum Gasteiger partial charge on any atom is 0.201 e.